The molecule has 3 heterocycles. The molecule has 0 spiro atoms. The fourth-order valence-electron chi connectivity index (χ4n) is 3.85. The van der Waals surface area contributed by atoms with Crippen molar-refractivity contribution in [1.82, 2.24) is 25.0 Å². The normalized spacial score (nSPS) is 15.1. The van der Waals surface area contributed by atoms with Crippen molar-refractivity contribution in [3.8, 4) is 11.5 Å². The predicted octanol–water partition coefficient (Wildman–Crippen LogP) is 2.44. The van der Waals surface area contributed by atoms with Gasteiger partial charge in [-0.2, -0.15) is 0 Å². The number of carbonyl (C=O) groups excluding carboxylic acids is 1. The van der Waals surface area contributed by atoms with E-state index in [1.165, 1.54) is 6.26 Å². The lowest BCUT2D eigenvalue weighted by Crippen LogP contribution is -2.30. The molecule has 2 aromatic heterocycles. The fourth-order valence-corrected chi connectivity index (χ4v) is 3.85. The van der Waals surface area contributed by atoms with Gasteiger partial charge in [0, 0.05) is 38.2 Å². The zero-order valence-corrected chi connectivity index (χ0v) is 18.0. The van der Waals surface area contributed by atoms with Crippen molar-refractivity contribution in [2.24, 2.45) is 0 Å². The van der Waals surface area contributed by atoms with Crippen LogP contribution in [0.2, 0.25) is 0 Å². The second-order valence-corrected chi connectivity index (χ2v) is 7.50. The number of nitrogens with zero attached hydrogens (tertiary/aromatic N) is 4. The predicted molar refractivity (Wildman–Crippen MR) is 113 cm³/mol. The molecule has 1 N–H and O–H groups in total. The van der Waals surface area contributed by atoms with Crippen molar-refractivity contribution >= 4 is 5.91 Å². The van der Waals surface area contributed by atoms with Crippen molar-refractivity contribution in [2.45, 2.75) is 32.5 Å². The molecule has 9 nitrogen and oxygen atoms in total. The minimum atomic E-state index is -0.288. The maximum Gasteiger partial charge on any atom is 0.287 e. The standard InChI is InChI=1S/C22H27N5O4/c1-15(23-22(28)19-5-4-12-31-19)21-25-24-20-8-9-26(10-11-27(20)21)14-16-13-17(29-2)6-7-18(16)30-3/h4-7,12-13,15H,8-11,14H2,1-3H3,(H,23,28). The molecule has 31 heavy (non-hydrogen) atoms. The summed E-state index contributed by atoms with van der Waals surface area (Å²) in [5.41, 5.74) is 1.08. The lowest BCUT2D eigenvalue weighted by atomic mass is 10.1. The van der Waals surface area contributed by atoms with Gasteiger partial charge in [0.05, 0.1) is 26.5 Å². The molecule has 0 saturated heterocycles. The Morgan fingerprint density at radius 2 is 2.06 bits per heavy atom. The summed E-state index contributed by atoms with van der Waals surface area (Å²) in [4.78, 5) is 14.7. The van der Waals surface area contributed by atoms with Crippen LogP contribution in [0.25, 0.3) is 0 Å². The maximum atomic E-state index is 12.3. The Bertz CT molecular complexity index is 1030. The van der Waals surface area contributed by atoms with Gasteiger partial charge in [-0.3, -0.25) is 9.69 Å². The minimum absolute atomic E-state index is 0.268. The van der Waals surface area contributed by atoms with Gasteiger partial charge in [-0.1, -0.05) is 0 Å². The van der Waals surface area contributed by atoms with E-state index in [1.807, 2.05) is 25.1 Å². The Morgan fingerprint density at radius 1 is 1.19 bits per heavy atom. The highest BCUT2D eigenvalue weighted by Gasteiger charge is 2.24. The van der Waals surface area contributed by atoms with E-state index >= 15 is 0 Å². The largest absolute Gasteiger partial charge is 0.497 e. The highest BCUT2D eigenvalue weighted by molar-refractivity contribution is 5.91. The monoisotopic (exact) mass is 425 g/mol. The number of hydrogen-bond donors (Lipinski definition) is 1. The molecule has 9 heteroatoms. The van der Waals surface area contributed by atoms with Crippen LogP contribution >= 0.6 is 0 Å². The lowest BCUT2D eigenvalue weighted by molar-refractivity contribution is 0.0909. The number of aromatic nitrogens is 3. The molecule has 1 amide bonds. The van der Waals surface area contributed by atoms with Gasteiger partial charge in [0.15, 0.2) is 11.6 Å². The van der Waals surface area contributed by atoms with Gasteiger partial charge in [0.2, 0.25) is 0 Å². The quantitative estimate of drug-likeness (QED) is 0.621. The molecule has 1 aliphatic heterocycles. The highest BCUT2D eigenvalue weighted by Crippen LogP contribution is 2.26. The zero-order valence-electron chi connectivity index (χ0n) is 18.0. The van der Waals surface area contributed by atoms with E-state index in [0.717, 1.165) is 61.3 Å². The number of nitrogens with one attached hydrogen (secondary N) is 1. The Labute approximate surface area is 181 Å². The molecule has 0 radical (unpaired) electrons. The van der Waals surface area contributed by atoms with Gasteiger partial charge in [0.1, 0.15) is 17.3 Å². The zero-order chi connectivity index (χ0) is 21.8. The summed E-state index contributed by atoms with van der Waals surface area (Å²) in [6.45, 7) is 5.08. The first-order chi connectivity index (χ1) is 15.1. The molecule has 1 unspecified atom stereocenters. The third kappa shape index (κ3) is 4.56. The third-order valence-electron chi connectivity index (χ3n) is 5.51. The fraction of sp³-hybridized carbons (Fsp3) is 0.409. The summed E-state index contributed by atoms with van der Waals surface area (Å²) in [6.07, 6.45) is 2.26. The molecule has 0 saturated carbocycles. The number of furan rings is 1. The number of methoxy groups -OCH3 is 2. The first kappa shape index (κ1) is 20.9. The average Bonchev–Trinajstić information content (AvgIpc) is 3.42. The molecule has 1 aliphatic rings. The lowest BCUT2D eigenvalue weighted by Gasteiger charge is -2.21. The maximum absolute atomic E-state index is 12.3. The second kappa shape index (κ2) is 9.22. The van der Waals surface area contributed by atoms with Crippen LogP contribution in [0.5, 0.6) is 11.5 Å². The van der Waals surface area contributed by atoms with E-state index in [-0.39, 0.29) is 17.7 Å². The first-order valence-corrected chi connectivity index (χ1v) is 10.3. The number of ether oxygens (including phenoxy) is 2. The molecular weight excluding hydrogens is 398 g/mol. The first-order valence-electron chi connectivity index (χ1n) is 10.3. The van der Waals surface area contributed by atoms with Gasteiger partial charge in [-0.05, 0) is 37.3 Å². The molecule has 0 aliphatic carbocycles. The number of benzene rings is 1. The van der Waals surface area contributed by atoms with E-state index in [9.17, 15) is 4.79 Å². The molecular formula is C22H27N5O4. The number of amides is 1. The van der Waals surface area contributed by atoms with Crippen LogP contribution < -0.4 is 14.8 Å². The van der Waals surface area contributed by atoms with Crippen LogP contribution in [0, 0.1) is 0 Å². The van der Waals surface area contributed by atoms with Gasteiger partial charge in [0.25, 0.3) is 5.91 Å². The van der Waals surface area contributed by atoms with Gasteiger partial charge >= 0.3 is 0 Å². The van der Waals surface area contributed by atoms with Crippen molar-refractivity contribution < 1.29 is 18.7 Å². The van der Waals surface area contributed by atoms with E-state index in [0.29, 0.717) is 0 Å². The van der Waals surface area contributed by atoms with E-state index in [2.05, 4.69) is 25.0 Å². The number of fused-ring (bicyclic) bond motifs is 1. The number of rotatable bonds is 7. The van der Waals surface area contributed by atoms with E-state index < -0.39 is 0 Å². The van der Waals surface area contributed by atoms with Gasteiger partial charge < -0.3 is 23.8 Å². The summed E-state index contributed by atoms with van der Waals surface area (Å²) in [7, 11) is 3.34. The van der Waals surface area contributed by atoms with Crippen molar-refractivity contribution in [3.05, 3.63) is 59.6 Å². The van der Waals surface area contributed by atoms with Crippen LogP contribution in [-0.4, -0.2) is 52.9 Å². The smallest absolute Gasteiger partial charge is 0.287 e. The number of carbonyl (C=O) groups is 1. The molecule has 0 bridgehead atoms. The number of hydrogen-bond acceptors (Lipinski definition) is 7. The topological polar surface area (TPSA) is 94.7 Å². The van der Waals surface area contributed by atoms with Crippen LogP contribution in [-0.2, 0) is 19.5 Å². The van der Waals surface area contributed by atoms with Crippen molar-refractivity contribution in [1.29, 1.82) is 0 Å². The minimum Gasteiger partial charge on any atom is -0.497 e. The third-order valence-corrected chi connectivity index (χ3v) is 5.51. The Hall–Kier alpha value is -3.33. The summed E-state index contributed by atoms with van der Waals surface area (Å²) in [5.74, 6) is 3.34. The summed E-state index contributed by atoms with van der Waals surface area (Å²) >= 11 is 0. The Kier molecular flexibility index (Phi) is 6.22. The molecule has 1 atom stereocenters. The van der Waals surface area contributed by atoms with Crippen LogP contribution in [0.4, 0.5) is 0 Å². The van der Waals surface area contributed by atoms with Crippen molar-refractivity contribution in [3.63, 3.8) is 0 Å². The van der Waals surface area contributed by atoms with Crippen molar-refractivity contribution in [2.75, 3.05) is 27.3 Å². The molecule has 4 rings (SSSR count). The van der Waals surface area contributed by atoms with Gasteiger partial charge in [-0.15, -0.1) is 10.2 Å². The van der Waals surface area contributed by atoms with Crippen LogP contribution in [0.15, 0.2) is 41.0 Å². The SMILES string of the molecule is COc1ccc(OC)c(CN2CCc3nnc(C(C)NC(=O)c4ccco4)n3CC2)c1. The van der Waals surface area contributed by atoms with Gasteiger partial charge in [-0.25, -0.2) is 0 Å². The van der Waals surface area contributed by atoms with E-state index in [4.69, 9.17) is 13.9 Å². The molecule has 164 valence electrons. The highest BCUT2D eigenvalue weighted by atomic mass is 16.5. The summed E-state index contributed by atoms with van der Waals surface area (Å²) < 4.78 is 18.2. The Morgan fingerprint density at radius 3 is 2.81 bits per heavy atom. The average molecular weight is 425 g/mol. The van der Waals surface area contributed by atoms with Crippen LogP contribution in [0.3, 0.4) is 0 Å². The van der Waals surface area contributed by atoms with E-state index in [1.54, 1.807) is 26.4 Å². The Balaban J connectivity index is 1.44. The molecule has 1 aromatic carbocycles. The molecule has 3 aromatic rings. The van der Waals surface area contributed by atoms with Crippen LogP contribution in [0.1, 0.15) is 40.7 Å². The second-order valence-electron chi connectivity index (χ2n) is 7.50. The summed E-state index contributed by atoms with van der Waals surface area (Å²) in [6, 6.07) is 8.88. The summed E-state index contributed by atoms with van der Waals surface area (Å²) in [5, 5.41) is 11.7. The molecule has 0 fully saturated rings.